The Kier molecular flexibility index (Phi) is 3.83. The van der Waals surface area contributed by atoms with Gasteiger partial charge in [-0.05, 0) is 25.7 Å². The maximum absolute atomic E-state index is 12.7. The highest BCUT2D eigenvalue weighted by molar-refractivity contribution is 5.83. The van der Waals surface area contributed by atoms with E-state index in [9.17, 15) is 14.7 Å². The molecule has 0 spiro atoms. The molecule has 112 valence electrons. The molecule has 2 unspecified atom stereocenters. The van der Waals surface area contributed by atoms with Crippen LogP contribution >= 0.6 is 0 Å². The van der Waals surface area contributed by atoms with Gasteiger partial charge in [0.25, 0.3) is 0 Å². The molecule has 3 aliphatic rings. The summed E-state index contributed by atoms with van der Waals surface area (Å²) in [5.74, 6) is -0.885. The predicted octanol–water partition coefficient (Wildman–Crippen LogP) is 1.30. The van der Waals surface area contributed by atoms with E-state index < -0.39 is 12.0 Å². The molecule has 0 bridgehead atoms. The Bertz CT molecular complexity index is 399. The van der Waals surface area contributed by atoms with Crippen molar-refractivity contribution in [3.8, 4) is 0 Å². The van der Waals surface area contributed by atoms with Crippen LogP contribution in [0.4, 0.5) is 4.79 Å². The van der Waals surface area contributed by atoms with Gasteiger partial charge >= 0.3 is 12.0 Å². The summed E-state index contributed by atoms with van der Waals surface area (Å²) < 4.78 is 5.77. The Hall–Kier alpha value is -1.30. The van der Waals surface area contributed by atoms with Gasteiger partial charge in [-0.1, -0.05) is 12.8 Å². The molecule has 2 heterocycles. The molecule has 0 aromatic carbocycles. The summed E-state index contributed by atoms with van der Waals surface area (Å²) in [5, 5.41) is 9.23. The van der Waals surface area contributed by atoms with Crippen molar-refractivity contribution in [3.05, 3.63) is 0 Å². The van der Waals surface area contributed by atoms with Gasteiger partial charge in [-0.2, -0.15) is 0 Å². The zero-order chi connectivity index (χ0) is 14.1. The van der Waals surface area contributed by atoms with E-state index in [4.69, 9.17) is 4.74 Å². The van der Waals surface area contributed by atoms with Gasteiger partial charge < -0.3 is 19.6 Å². The normalized spacial score (nSPS) is 33.9. The lowest BCUT2D eigenvalue weighted by molar-refractivity contribution is -0.141. The summed E-state index contributed by atoms with van der Waals surface area (Å²) in [6.07, 6.45) is 5.76. The second kappa shape index (κ2) is 5.60. The van der Waals surface area contributed by atoms with Gasteiger partial charge in [0, 0.05) is 13.1 Å². The first kappa shape index (κ1) is 13.7. The third kappa shape index (κ3) is 2.37. The van der Waals surface area contributed by atoms with E-state index in [1.807, 2.05) is 4.90 Å². The summed E-state index contributed by atoms with van der Waals surface area (Å²) in [7, 11) is 0. The van der Waals surface area contributed by atoms with Crippen molar-refractivity contribution < 1.29 is 19.4 Å². The van der Waals surface area contributed by atoms with Crippen LogP contribution in [0.25, 0.3) is 0 Å². The molecule has 6 heteroatoms. The number of fused-ring (bicyclic) bond motifs is 1. The lowest BCUT2D eigenvalue weighted by Gasteiger charge is -2.45. The molecule has 0 radical (unpaired) electrons. The van der Waals surface area contributed by atoms with Crippen molar-refractivity contribution in [3.63, 3.8) is 0 Å². The van der Waals surface area contributed by atoms with Crippen LogP contribution in [0.1, 0.15) is 38.5 Å². The first-order valence-corrected chi connectivity index (χ1v) is 7.60. The minimum absolute atomic E-state index is 0.102. The zero-order valence-corrected chi connectivity index (χ0v) is 11.7. The van der Waals surface area contributed by atoms with Gasteiger partial charge in [-0.15, -0.1) is 0 Å². The van der Waals surface area contributed by atoms with E-state index in [-0.39, 0.29) is 18.2 Å². The third-order valence-corrected chi connectivity index (χ3v) is 4.76. The number of nitrogens with zero attached hydrogens (tertiary/aromatic N) is 2. The van der Waals surface area contributed by atoms with Crippen LogP contribution in [0.2, 0.25) is 0 Å². The van der Waals surface area contributed by atoms with E-state index in [2.05, 4.69) is 0 Å². The van der Waals surface area contributed by atoms with Crippen molar-refractivity contribution >= 4 is 12.0 Å². The molecule has 2 saturated heterocycles. The quantitative estimate of drug-likeness (QED) is 0.787. The van der Waals surface area contributed by atoms with Crippen molar-refractivity contribution in [1.82, 2.24) is 9.80 Å². The number of carboxylic acids is 1. The van der Waals surface area contributed by atoms with Gasteiger partial charge in [0.2, 0.25) is 0 Å². The average molecular weight is 282 g/mol. The molecule has 1 N–H and O–H groups in total. The molecule has 1 saturated carbocycles. The first-order chi connectivity index (χ1) is 9.68. The van der Waals surface area contributed by atoms with Crippen molar-refractivity contribution in [2.24, 2.45) is 0 Å². The Morgan fingerprint density at radius 2 is 1.80 bits per heavy atom. The molecule has 6 nitrogen and oxygen atoms in total. The van der Waals surface area contributed by atoms with Crippen LogP contribution < -0.4 is 0 Å². The molecule has 3 atom stereocenters. The Balaban J connectivity index is 1.73. The number of carboxylic acid groups (broad SMARTS) is 1. The standard InChI is InChI=1S/C14H22N2O4/c17-13(18)11-5-3-7-15(11)14(19)16-8-9-20-12-6-2-1-4-10(12)16/h10-12H,1-9H2,(H,17,18)/t10?,11-,12?/m1/s1. The fourth-order valence-electron chi connectivity index (χ4n) is 3.75. The van der Waals surface area contributed by atoms with E-state index in [1.54, 1.807) is 4.90 Å². The number of rotatable bonds is 1. The summed E-state index contributed by atoms with van der Waals surface area (Å²) in [6.45, 7) is 1.71. The second-order valence-electron chi connectivity index (χ2n) is 5.93. The first-order valence-electron chi connectivity index (χ1n) is 7.60. The molecule has 3 fully saturated rings. The van der Waals surface area contributed by atoms with Crippen molar-refractivity contribution in [2.45, 2.75) is 56.7 Å². The monoisotopic (exact) mass is 282 g/mol. The number of carbonyl (C=O) groups excluding carboxylic acids is 1. The van der Waals surface area contributed by atoms with Gasteiger partial charge in [0.1, 0.15) is 6.04 Å². The molecular weight excluding hydrogens is 260 g/mol. The Labute approximate surface area is 118 Å². The van der Waals surface area contributed by atoms with Gasteiger partial charge in [0.15, 0.2) is 0 Å². The minimum Gasteiger partial charge on any atom is -0.480 e. The summed E-state index contributed by atoms with van der Waals surface area (Å²) in [5.41, 5.74) is 0. The highest BCUT2D eigenvalue weighted by Gasteiger charge is 2.42. The molecule has 0 aromatic heterocycles. The van der Waals surface area contributed by atoms with Crippen molar-refractivity contribution in [1.29, 1.82) is 0 Å². The highest BCUT2D eigenvalue weighted by atomic mass is 16.5. The molecule has 20 heavy (non-hydrogen) atoms. The third-order valence-electron chi connectivity index (χ3n) is 4.76. The van der Waals surface area contributed by atoms with E-state index in [1.165, 1.54) is 0 Å². The zero-order valence-electron chi connectivity index (χ0n) is 11.7. The molecule has 2 amide bonds. The summed E-state index contributed by atoms with van der Waals surface area (Å²) in [4.78, 5) is 27.4. The van der Waals surface area contributed by atoms with Gasteiger partial charge in [-0.25, -0.2) is 9.59 Å². The average Bonchev–Trinajstić information content (AvgIpc) is 2.95. The summed E-state index contributed by atoms with van der Waals surface area (Å²) >= 11 is 0. The predicted molar refractivity (Wildman–Crippen MR) is 71.5 cm³/mol. The smallest absolute Gasteiger partial charge is 0.326 e. The molecule has 2 aliphatic heterocycles. The van der Waals surface area contributed by atoms with Gasteiger partial charge in [-0.3, -0.25) is 0 Å². The van der Waals surface area contributed by atoms with Crippen LogP contribution in [0.15, 0.2) is 0 Å². The van der Waals surface area contributed by atoms with E-state index in [0.717, 1.165) is 32.1 Å². The van der Waals surface area contributed by atoms with Crippen LogP contribution in [0, 0.1) is 0 Å². The second-order valence-corrected chi connectivity index (χ2v) is 5.93. The molecule has 1 aliphatic carbocycles. The van der Waals surface area contributed by atoms with Crippen LogP contribution in [-0.2, 0) is 9.53 Å². The Morgan fingerprint density at radius 3 is 2.60 bits per heavy atom. The fraction of sp³-hybridized carbons (Fsp3) is 0.857. The number of hydrogen-bond acceptors (Lipinski definition) is 3. The number of likely N-dealkylation sites (tertiary alicyclic amines) is 1. The molecular formula is C14H22N2O4. The minimum atomic E-state index is -0.885. The maximum Gasteiger partial charge on any atom is 0.326 e. The number of urea groups is 1. The summed E-state index contributed by atoms with van der Waals surface area (Å²) in [6, 6.07) is -0.609. The lowest BCUT2D eigenvalue weighted by atomic mass is 9.90. The molecule has 3 rings (SSSR count). The number of ether oxygens (including phenoxy) is 1. The Morgan fingerprint density at radius 1 is 1.00 bits per heavy atom. The topological polar surface area (TPSA) is 70.1 Å². The number of hydrogen-bond donors (Lipinski definition) is 1. The van der Waals surface area contributed by atoms with E-state index >= 15 is 0 Å². The van der Waals surface area contributed by atoms with Gasteiger partial charge in [0.05, 0.1) is 18.8 Å². The van der Waals surface area contributed by atoms with E-state index in [0.29, 0.717) is 26.1 Å². The SMILES string of the molecule is O=C(O)[C@H]1CCCN1C(=O)N1CCOC2CCCCC21. The number of amides is 2. The molecule has 0 aromatic rings. The fourth-order valence-corrected chi connectivity index (χ4v) is 3.75. The largest absolute Gasteiger partial charge is 0.480 e. The highest BCUT2D eigenvalue weighted by Crippen LogP contribution is 2.30. The maximum atomic E-state index is 12.7. The van der Waals surface area contributed by atoms with Crippen LogP contribution in [-0.4, -0.2) is 64.8 Å². The van der Waals surface area contributed by atoms with Crippen molar-refractivity contribution in [2.75, 3.05) is 19.7 Å². The van der Waals surface area contributed by atoms with Crippen LogP contribution in [0.3, 0.4) is 0 Å². The lowest BCUT2D eigenvalue weighted by Crippen LogP contribution is -2.59. The number of morpholine rings is 1. The number of aliphatic carboxylic acids is 1. The number of carbonyl (C=O) groups is 2. The van der Waals surface area contributed by atoms with Crippen LogP contribution in [0.5, 0.6) is 0 Å².